The van der Waals surface area contributed by atoms with E-state index in [1.807, 2.05) is 38.4 Å². The van der Waals surface area contributed by atoms with Crippen molar-refractivity contribution in [1.82, 2.24) is 15.0 Å². The van der Waals surface area contributed by atoms with Gasteiger partial charge in [0.1, 0.15) is 5.69 Å². The van der Waals surface area contributed by atoms with E-state index in [0.29, 0.717) is 0 Å². The molecule has 0 aliphatic carbocycles. The van der Waals surface area contributed by atoms with Crippen LogP contribution in [0, 0.1) is 0 Å². The average Bonchev–Trinajstić information content (AvgIpc) is 2.26. The Labute approximate surface area is 88.3 Å². The predicted molar refractivity (Wildman–Crippen MR) is 60.8 cm³/mol. The number of fused-ring (bicyclic) bond motifs is 1. The first-order valence-electron chi connectivity index (χ1n) is 4.69. The zero-order chi connectivity index (χ0) is 10.7. The lowest BCUT2D eigenvalue weighted by Crippen LogP contribution is -2.02. The molecule has 0 radical (unpaired) electrons. The summed E-state index contributed by atoms with van der Waals surface area (Å²) in [4.78, 5) is 8.70. The highest BCUT2D eigenvalue weighted by atomic mass is 15.4. The zero-order valence-corrected chi connectivity index (χ0v) is 8.75. The van der Waals surface area contributed by atoms with Crippen molar-refractivity contribution < 1.29 is 0 Å². The Morgan fingerprint density at radius 1 is 1.20 bits per heavy atom. The van der Waals surface area contributed by atoms with Crippen LogP contribution in [0.3, 0.4) is 0 Å². The third-order valence-corrected chi connectivity index (χ3v) is 1.89. The van der Waals surface area contributed by atoms with Crippen LogP contribution < -0.4 is 0 Å². The van der Waals surface area contributed by atoms with Crippen LogP contribution in [0.25, 0.3) is 11.0 Å². The average molecular weight is 200 g/mol. The van der Waals surface area contributed by atoms with Gasteiger partial charge in [-0.2, -0.15) is 5.10 Å². The maximum absolute atomic E-state index is 4.41. The molecule has 15 heavy (non-hydrogen) atoms. The lowest BCUT2D eigenvalue weighted by atomic mass is 10.3. The first-order chi connectivity index (χ1) is 7.25. The third kappa shape index (κ3) is 2.28. The Balaban J connectivity index is 2.39. The fraction of sp³-hybridized carbons (Fsp3) is 0.182. The number of hydrogen-bond acceptors (Lipinski definition) is 4. The minimum atomic E-state index is 0.766. The zero-order valence-electron chi connectivity index (χ0n) is 8.75. The van der Waals surface area contributed by atoms with Crippen molar-refractivity contribution in [3.63, 3.8) is 0 Å². The third-order valence-electron chi connectivity index (χ3n) is 1.89. The van der Waals surface area contributed by atoms with Gasteiger partial charge in [0, 0.05) is 14.1 Å². The second kappa shape index (κ2) is 4.04. The molecule has 0 bridgehead atoms. The van der Waals surface area contributed by atoms with Gasteiger partial charge in [-0.25, -0.2) is 4.98 Å². The summed E-state index contributed by atoms with van der Waals surface area (Å²) in [5, 5.41) is 5.83. The fourth-order valence-electron chi connectivity index (χ4n) is 1.21. The standard InChI is InChI=1S/C11H12N4/c1-15(2)13-8-9-7-12-10-5-3-4-6-11(10)14-9/h3-8H,1-2H3. The van der Waals surface area contributed by atoms with Gasteiger partial charge in [0.2, 0.25) is 0 Å². The number of para-hydroxylation sites is 2. The van der Waals surface area contributed by atoms with Gasteiger partial charge in [-0.05, 0) is 12.1 Å². The summed E-state index contributed by atoms with van der Waals surface area (Å²) in [5.41, 5.74) is 2.56. The number of nitrogens with zero attached hydrogens (tertiary/aromatic N) is 4. The normalized spacial score (nSPS) is 11.1. The van der Waals surface area contributed by atoms with E-state index in [0.717, 1.165) is 16.7 Å². The summed E-state index contributed by atoms with van der Waals surface area (Å²) >= 11 is 0. The van der Waals surface area contributed by atoms with Crippen LogP contribution in [0.5, 0.6) is 0 Å². The van der Waals surface area contributed by atoms with Crippen molar-refractivity contribution in [3.8, 4) is 0 Å². The van der Waals surface area contributed by atoms with E-state index in [9.17, 15) is 0 Å². The number of hydrogen-bond donors (Lipinski definition) is 0. The highest BCUT2D eigenvalue weighted by molar-refractivity contribution is 5.81. The molecule has 0 aliphatic heterocycles. The summed E-state index contributed by atoms with van der Waals surface area (Å²) < 4.78 is 0. The van der Waals surface area contributed by atoms with Crippen molar-refractivity contribution in [1.29, 1.82) is 0 Å². The van der Waals surface area contributed by atoms with E-state index in [1.165, 1.54) is 0 Å². The molecular formula is C11H12N4. The van der Waals surface area contributed by atoms with E-state index in [-0.39, 0.29) is 0 Å². The quantitative estimate of drug-likeness (QED) is 0.545. The van der Waals surface area contributed by atoms with Gasteiger partial charge >= 0.3 is 0 Å². The summed E-state index contributed by atoms with van der Waals surface area (Å²) in [6.45, 7) is 0. The Morgan fingerprint density at radius 2 is 1.93 bits per heavy atom. The monoisotopic (exact) mass is 200 g/mol. The van der Waals surface area contributed by atoms with E-state index in [4.69, 9.17) is 0 Å². The van der Waals surface area contributed by atoms with Crippen LogP contribution in [-0.4, -0.2) is 35.3 Å². The van der Waals surface area contributed by atoms with Gasteiger partial charge in [0.15, 0.2) is 0 Å². The summed E-state index contributed by atoms with van der Waals surface area (Å²) in [7, 11) is 3.73. The first-order valence-corrected chi connectivity index (χ1v) is 4.69. The minimum Gasteiger partial charge on any atom is -0.303 e. The lowest BCUT2D eigenvalue weighted by Gasteiger charge is -2.02. The molecule has 4 nitrogen and oxygen atoms in total. The second-order valence-corrected chi connectivity index (χ2v) is 3.38. The molecule has 1 aromatic heterocycles. The molecule has 0 saturated heterocycles. The summed E-state index contributed by atoms with van der Waals surface area (Å²) in [6, 6.07) is 7.78. The van der Waals surface area contributed by atoms with Crippen molar-refractivity contribution in [3.05, 3.63) is 36.2 Å². The summed E-state index contributed by atoms with van der Waals surface area (Å²) in [6.07, 6.45) is 3.41. The first kappa shape index (κ1) is 9.58. The molecule has 76 valence electrons. The van der Waals surface area contributed by atoms with Gasteiger partial charge < -0.3 is 5.01 Å². The minimum absolute atomic E-state index is 0.766. The van der Waals surface area contributed by atoms with E-state index < -0.39 is 0 Å². The molecule has 1 heterocycles. The second-order valence-electron chi connectivity index (χ2n) is 3.38. The molecule has 4 heteroatoms. The highest BCUT2D eigenvalue weighted by Gasteiger charge is 1.96. The van der Waals surface area contributed by atoms with E-state index in [2.05, 4.69) is 15.1 Å². The number of benzene rings is 1. The molecule has 2 rings (SSSR count). The highest BCUT2D eigenvalue weighted by Crippen LogP contribution is 2.07. The topological polar surface area (TPSA) is 41.4 Å². The van der Waals surface area contributed by atoms with Crippen molar-refractivity contribution in [2.24, 2.45) is 5.10 Å². The molecule has 1 aromatic carbocycles. The van der Waals surface area contributed by atoms with Crippen molar-refractivity contribution in [2.75, 3.05) is 14.1 Å². The molecule has 2 aromatic rings. The van der Waals surface area contributed by atoms with E-state index >= 15 is 0 Å². The summed E-state index contributed by atoms with van der Waals surface area (Å²) in [5.74, 6) is 0. The van der Waals surface area contributed by atoms with Crippen molar-refractivity contribution >= 4 is 17.2 Å². The van der Waals surface area contributed by atoms with Crippen LogP contribution in [-0.2, 0) is 0 Å². The molecule has 0 unspecified atom stereocenters. The molecule has 0 spiro atoms. The predicted octanol–water partition coefficient (Wildman–Crippen LogP) is 1.53. The molecule has 0 saturated carbocycles. The molecule has 0 N–H and O–H groups in total. The molecule has 0 fully saturated rings. The van der Waals surface area contributed by atoms with Crippen LogP contribution in [0.2, 0.25) is 0 Å². The van der Waals surface area contributed by atoms with Crippen LogP contribution in [0.15, 0.2) is 35.6 Å². The molecule has 0 aliphatic rings. The van der Waals surface area contributed by atoms with Gasteiger partial charge in [-0.1, -0.05) is 12.1 Å². The maximum Gasteiger partial charge on any atom is 0.102 e. The number of hydrazone groups is 1. The van der Waals surface area contributed by atoms with Crippen LogP contribution in [0.4, 0.5) is 0 Å². The fourth-order valence-corrected chi connectivity index (χ4v) is 1.21. The lowest BCUT2D eigenvalue weighted by molar-refractivity contribution is 0.440. The molecular weight excluding hydrogens is 188 g/mol. The number of aromatic nitrogens is 2. The smallest absolute Gasteiger partial charge is 0.102 e. The Kier molecular flexibility index (Phi) is 2.58. The van der Waals surface area contributed by atoms with Gasteiger partial charge in [-0.15, -0.1) is 0 Å². The molecule has 0 amide bonds. The Hall–Kier alpha value is -1.97. The van der Waals surface area contributed by atoms with Crippen LogP contribution in [0.1, 0.15) is 5.69 Å². The van der Waals surface area contributed by atoms with Crippen LogP contribution >= 0.6 is 0 Å². The Morgan fingerprint density at radius 3 is 2.67 bits per heavy atom. The maximum atomic E-state index is 4.41. The molecule has 0 atom stereocenters. The van der Waals surface area contributed by atoms with Gasteiger partial charge in [0.25, 0.3) is 0 Å². The SMILES string of the molecule is CN(C)N=Cc1cnc2ccccc2n1. The van der Waals surface area contributed by atoms with E-state index in [1.54, 1.807) is 17.4 Å². The largest absolute Gasteiger partial charge is 0.303 e. The van der Waals surface area contributed by atoms with Gasteiger partial charge in [0.05, 0.1) is 23.4 Å². The van der Waals surface area contributed by atoms with Crippen molar-refractivity contribution in [2.45, 2.75) is 0 Å². The Bertz CT molecular complexity index is 491. The number of rotatable bonds is 2. The van der Waals surface area contributed by atoms with Gasteiger partial charge in [-0.3, -0.25) is 4.98 Å².